The van der Waals surface area contributed by atoms with Crippen molar-refractivity contribution < 1.29 is 5.11 Å². The summed E-state index contributed by atoms with van der Waals surface area (Å²) in [6.07, 6.45) is 7.29. The van der Waals surface area contributed by atoms with Crippen molar-refractivity contribution in [1.29, 1.82) is 0 Å². The third-order valence-corrected chi connectivity index (χ3v) is 3.97. The van der Waals surface area contributed by atoms with Gasteiger partial charge in [-0.05, 0) is 43.4 Å². The van der Waals surface area contributed by atoms with Crippen LogP contribution in [0.5, 0.6) is 5.75 Å². The average Bonchev–Trinajstić information content (AvgIpc) is 2.74. The Morgan fingerprint density at radius 3 is 3.00 bits per heavy atom. The zero-order valence-electron chi connectivity index (χ0n) is 11.6. The number of phenolic OH excluding ortho intramolecular Hbond substituents is 1. The third kappa shape index (κ3) is 3.05. The molecule has 0 amide bonds. The van der Waals surface area contributed by atoms with Crippen LogP contribution in [0.1, 0.15) is 63.1 Å². The van der Waals surface area contributed by atoms with Crippen LogP contribution < -0.4 is 5.32 Å². The number of rotatable bonds is 6. The molecule has 2 N–H and O–H groups in total. The summed E-state index contributed by atoms with van der Waals surface area (Å²) in [6, 6.07) is 6.90. The molecule has 2 rings (SSSR count). The van der Waals surface area contributed by atoms with Gasteiger partial charge in [0.25, 0.3) is 0 Å². The molecule has 100 valence electrons. The second-order valence-electron chi connectivity index (χ2n) is 5.50. The molecule has 1 aromatic rings. The van der Waals surface area contributed by atoms with E-state index in [0.717, 1.165) is 18.4 Å². The fourth-order valence-corrected chi connectivity index (χ4v) is 2.94. The van der Waals surface area contributed by atoms with Crippen molar-refractivity contribution in [3.63, 3.8) is 0 Å². The van der Waals surface area contributed by atoms with Gasteiger partial charge >= 0.3 is 0 Å². The van der Waals surface area contributed by atoms with E-state index >= 15 is 0 Å². The van der Waals surface area contributed by atoms with Crippen LogP contribution >= 0.6 is 0 Å². The standard InChI is InChI=1S/C16H25NO/c1-3-4-5-7-12(2)17-15-11-10-14-13(15)8-6-9-16(14)18/h6,8-9,12,15,17-18H,3-5,7,10-11H2,1-2H3. The highest BCUT2D eigenvalue weighted by Gasteiger charge is 2.25. The van der Waals surface area contributed by atoms with Crippen LogP contribution in [0.4, 0.5) is 0 Å². The van der Waals surface area contributed by atoms with E-state index in [1.165, 1.54) is 31.2 Å². The number of aromatic hydroxyl groups is 1. The summed E-state index contributed by atoms with van der Waals surface area (Å²) in [5.74, 6) is 0.468. The van der Waals surface area contributed by atoms with Crippen LogP contribution in [0.3, 0.4) is 0 Å². The number of fused-ring (bicyclic) bond motifs is 1. The van der Waals surface area contributed by atoms with Crippen molar-refractivity contribution in [3.8, 4) is 5.75 Å². The largest absolute Gasteiger partial charge is 0.508 e. The molecule has 1 aliphatic rings. The average molecular weight is 247 g/mol. The molecular formula is C16H25NO. The molecule has 1 aliphatic carbocycles. The molecule has 0 saturated heterocycles. The van der Waals surface area contributed by atoms with E-state index in [-0.39, 0.29) is 0 Å². The first-order valence-corrected chi connectivity index (χ1v) is 7.29. The zero-order chi connectivity index (χ0) is 13.0. The van der Waals surface area contributed by atoms with E-state index < -0.39 is 0 Å². The molecule has 0 aromatic heterocycles. The molecule has 2 nitrogen and oxygen atoms in total. The van der Waals surface area contributed by atoms with Gasteiger partial charge < -0.3 is 10.4 Å². The molecule has 0 aliphatic heterocycles. The van der Waals surface area contributed by atoms with Gasteiger partial charge in [-0.25, -0.2) is 0 Å². The first-order valence-electron chi connectivity index (χ1n) is 7.29. The Hall–Kier alpha value is -1.02. The highest BCUT2D eigenvalue weighted by Crippen LogP contribution is 2.36. The molecule has 0 fully saturated rings. The lowest BCUT2D eigenvalue weighted by molar-refractivity contribution is 0.421. The molecule has 0 radical (unpaired) electrons. The van der Waals surface area contributed by atoms with Crippen molar-refractivity contribution in [1.82, 2.24) is 5.32 Å². The van der Waals surface area contributed by atoms with Gasteiger partial charge in [0.05, 0.1) is 0 Å². The highest BCUT2D eigenvalue weighted by atomic mass is 16.3. The fraction of sp³-hybridized carbons (Fsp3) is 0.625. The lowest BCUT2D eigenvalue weighted by Crippen LogP contribution is -2.29. The van der Waals surface area contributed by atoms with Crippen LogP contribution in [-0.2, 0) is 6.42 Å². The Morgan fingerprint density at radius 2 is 2.22 bits per heavy atom. The summed E-state index contributed by atoms with van der Waals surface area (Å²) in [6.45, 7) is 4.52. The predicted molar refractivity (Wildman–Crippen MR) is 75.9 cm³/mol. The third-order valence-electron chi connectivity index (χ3n) is 3.97. The minimum absolute atomic E-state index is 0.434. The van der Waals surface area contributed by atoms with Gasteiger partial charge in [-0.1, -0.05) is 38.3 Å². The van der Waals surface area contributed by atoms with Gasteiger partial charge in [-0.3, -0.25) is 0 Å². The number of nitrogens with one attached hydrogen (secondary N) is 1. The van der Waals surface area contributed by atoms with E-state index in [1.54, 1.807) is 6.07 Å². The Bertz CT molecular complexity index is 389. The van der Waals surface area contributed by atoms with E-state index in [2.05, 4.69) is 25.2 Å². The van der Waals surface area contributed by atoms with Gasteiger partial charge in [0.2, 0.25) is 0 Å². The fourth-order valence-electron chi connectivity index (χ4n) is 2.94. The van der Waals surface area contributed by atoms with Gasteiger partial charge in [0.1, 0.15) is 5.75 Å². The molecule has 0 spiro atoms. The first kappa shape index (κ1) is 13.4. The minimum Gasteiger partial charge on any atom is -0.508 e. The summed E-state index contributed by atoms with van der Waals surface area (Å²) in [4.78, 5) is 0. The second-order valence-corrected chi connectivity index (χ2v) is 5.50. The maximum atomic E-state index is 9.83. The SMILES string of the molecule is CCCCCC(C)NC1CCc2c(O)cccc21. The Labute approximate surface area is 110 Å². The maximum absolute atomic E-state index is 9.83. The highest BCUT2D eigenvalue weighted by molar-refractivity contribution is 5.44. The van der Waals surface area contributed by atoms with Crippen molar-refractivity contribution in [2.75, 3.05) is 0 Å². The predicted octanol–water partition coefficient (Wildman–Crippen LogP) is 3.94. The molecule has 1 aromatic carbocycles. The van der Waals surface area contributed by atoms with Crippen LogP contribution in [-0.4, -0.2) is 11.1 Å². The first-order chi connectivity index (χ1) is 8.72. The second kappa shape index (κ2) is 6.24. The lowest BCUT2D eigenvalue weighted by Gasteiger charge is -2.20. The minimum atomic E-state index is 0.434. The summed E-state index contributed by atoms with van der Waals surface area (Å²) in [5, 5.41) is 13.5. The lowest BCUT2D eigenvalue weighted by atomic mass is 10.0. The smallest absolute Gasteiger partial charge is 0.119 e. The Kier molecular flexibility index (Phi) is 4.65. The normalized spacial score (nSPS) is 19.8. The summed E-state index contributed by atoms with van der Waals surface area (Å²) in [5.41, 5.74) is 2.45. The van der Waals surface area contributed by atoms with Crippen molar-refractivity contribution >= 4 is 0 Å². The Balaban J connectivity index is 1.91. The number of phenols is 1. The summed E-state index contributed by atoms with van der Waals surface area (Å²) >= 11 is 0. The maximum Gasteiger partial charge on any atom is 0.119 e. The topological polar surface area (TPSA) is 32.3 Å². The molecule has 0 bridgehead atoms. The molecule has 0 heterocycles. The van der Waals surface area contributed by atoms with Gasteiger partial charge in [-0.2, -0.15) is 0 Å². The number of hydrogen-bond donors (Lipinski definition) is 2. The summed E-state index contributed by atoms with van der Waals surface area (Å²) in [7, 11) is 0. The van der Waals surface area contributed by atoms with Crippen LogP contribution in [0.25, 0.3) is 0 Å². The van der Waals surface area contributed by atoms with E-state index in [1.807, 2.05) is 6.07 Å². The van der Waals surface area contributed by atoms with Crippen LogP contribution in [0.15, 0.2) is 18.2 Å². The summed E-state index contributed by atoms with van der Waals surface area (Å²) < 4.78 is 0. The molecule has 18 heavy (non-hydrogen) atoms. The van der Waals surface area contributed by atoms with E-state index in [9.17, 15) is 5.11 Å². The van der Waals surface area contributed by atoms with E-state index in [4.69, 9.17) is 0 Å². The van der Waals surface area contributed by atoms with Crippen LogP contribution in [0.2, 0.25) is 0 Å². The molecule has 0 saturated carbocycles. The number of hydrogen-bond acceptors (Lipinski definition) is 2. The molecule has 2 heteroatoms. The quantitative estimate of drug-likeness (QED) is 0.746. The van der Waals surface area contributed by atoms with Crippen molar-refractivity contribution in [2.24, 2.45) is 0 Å². The van der Waals surface area contributed by atoms with Gasteiger partial charge in [-0.15, -0.1) is 0 Å². The van der Waals surface area contributed by atoms with Crippen molar-refractivity contribution in [2.45, 2.75) is 64.5 Å². The van der Waals surface area contributed by atoms with Gasteiger partial charge in [0.15, 0.2) is 0 Å². The monoisotopic (exact) mass is 247 g/mol. The van der Waals surface area contributed by atoms with Gasteiger partial charge in [0, 0.05) is 12.1 Å². The Morgan fingerprint density at radius 1 is 1.39 bits per heavy atom. The number of unbranched alkanes of at least 4 members (excludes halogenated alkanes) is 2. The number of benzene rings is 1. The van der Waals surface area contributed by atoms with Crippen molar-refractivity contribution in [3.05, 3.63) is 29.3 Å². The van der Waals surface area contributed by atoms with E-state index in [0.29, 0.717) is 17.8 Å². The molecule has 2 atom stereocenters. The zero-order valence-corrected chi connectivity index (χ0v) is 11.6. The molecule has 2 unspecified atom stereocenters. The van der Waals surface area contributed by atoms with Crippen LogP contribution in [0, 0.1) is 0 Å². The molecular weight excluding hydrogens is 222 g/mol.